The predicted octanol–water partition coefficient (Wildman–Crippen LogP) is 5.16. The van der Waals surface area contributed by atoms with Gasteiger partial charge in [-0.05, 0) is 11.6 Å². The van der Waals surface area contributed by atoms with E-state index in [2.05, 4.69) is 37.8 Å². The molecule has 0 aliphatic carbocycles. The van der Waals surface area contributed by atoms with Crippen LogP contribution in [0, 0.1) is 0 Å². The number of rotatable bonds is 4. The molecule has 0 fully saturated rings. The summed E-state index contributed by atoms with van der Waals surface area (Å²) in [5.41, 5.74) is 1.99. The Morgan fingerprint density at radius 1 is 1.13 bits per heavy atom. The van der Waals surface area contributed by atoms with Crippen molar-refractivity contribution in [2.24, 2.45) is 0 Å². The lowest BCUT2D eigenvalue weighted by molar-refractivity contribution is 1.06. The SMILES string of the molecule is Clc1snnc1CSc1ncnc2sc(-c3ccccc3)cc12. The molecule has 0 radical (unpaired) electrons. The Labute approximate surface area is 149 Å². The van der Waals surface area contributed by atoms with Gasteiger partial charge < -0.3 is 0 Å². The van der Waals surface area contributed by atoms with Gasteiger partial charge in [0.1, 0.15) is 26.2 Å². The third-order valence-electron chi connectivity index (χ3n) is 3.21. The van der Waals surface area contributed by atoms with Crippen LogP contribution in [0.3, 0.4) is 0 Å². The lowest BCUT2D eigenvalue weighted by atomic mass is 10.2. The summed E-state index contributed by atoms with van der Waals surface area (Å²) in [4.78, 5) is 11.0. The van der Waals surface area contributed by atoms with E-state index in [-0.39, 0.29) is 0 Å². The highest BCUT2D eigenvalue weighted by atomic mass is 35.5. The summed E-state index contributed by atoms with van der Waals surface area (Å²) in [6.07, 6.45) is 1.61. The highest BCUT2D eigenvalue weighted by molar-refractivity contribution is 7.98. The number of nitrogens with zero attached hydrogens (tertiary/aromatic N) is 4. The van der Waals surface area contributed by atoms with E-state index in [0.717, 1.165) is 20.9 Å². The first-order chi connectivity index (χ1) is 11.3. The molecule has 23 heavy (non-hydrogen) atoms. The summed E-state index contributed by atoms with van der Waals surface area (Å²) in [5, 5.41) is 6.05. The van der Waals surface area contributed by atoms with Crippen LogP contribution in [-0.2, 0) is 5.75 Å². The van der Waals surface area contributed by atoms with Crippen molar-refractivity contribution in [3.63, 3.8) is 0 Å². The quantitative estimate of drug-likeness (QED) is 0.364. The van der Waals surface area contributed by atoms with Gasteiger partial charge in [-0.2, -0.15) is 0 Å². The van der Waals surface area contributed by atoms with Crippen LogP contribution < -0.4 is 0 Å². The van der Waals surface area contributed by atoms with Crippen molar-refractivity contribution in [3.05, 3.63) is 52.8 Å². The fraction of sp³-hybridized carbons (Fsp3) is 0.0667. The van der Waals surface area contributed by atoms with Gasteiger partial charge in [0.15, 0.2) is 0 Å². The molecule has 1 aromatic carbocycles. The minimum absolute atomic E-state index is 0.637. The molecule has 4 aromatic rings. The average molecular weight is 377 g/mol. The molecule has 0 saturated heterocycles. The van der Waals surface area contributed by atoms with Crippen LogP contribution in [0.1, 0.15) is 5.69 Å². The molecule has 0 spiro atoms. The summed E-state index contributed by atoms with van der Waals surface area (Å²) in [5.74, 6) is 0.651. The first kappa shape index (κ1) is 15.0. The molecular formula is C15H9ClN4S3. The predicted molar refractivity (Wildman–Crippen MR) is 97.3 cm³/mol. The summed E-state index contributed by atoms with van der Waals surface area (Å²) in [6, 6.07) is 12.5. The number of thioether (sulfide) groups is 1. The van der Waals surface area contributed by atoms with Gasteiger partial charge in [0.25, 0.3) is 0 Å². The number of aromatic nitrogens is 4. The van der Waals surface area contributed by atoms with Crippen LogP contribution in [0.2, 0.25) is 4.34 Å². The van der Waals surface area contributed by atoms with E-state index in [1.165, 1.54) is 22.0 Å². The normalized spacial score (nSPS) is 11.2. The number of hydrogen-bond donors (Lipinski definition) is 0. The van der Waals surface area contributed by atoms with Crippen LogP contribution in [0.15, 0.2) is 47.8 Å². The maximum atomic E-state index is 6.06. The number of halogens is 1. The molecule has 0 amide bonds. The van der Waals surface area contributed by atoms with Gasteiger partial charge >= 0.3 is 0 Å². The standard InChI is InChI=1S/C15H9ClN4S3/c16-13-11(19-20-23-13)7-21-14-10-6-12(9-4-2-1-3-5-9)22-15(10)18-8-17-14/h1-6,8H,7H2. The van der Waals surface area contributed by atoms with Crippen molar-refractivity contribution in [3.8, 4) is 10.4 Å². The van der Waals surface area contributed by atoms with Gasteiger partial charge in [-0.3, -0.25) is 0 Å². The lowest BCUT2D eigenvalue weighted by Gasteiger charge is -1.99. The third kappa shape index (κ3) is 3.10. The second-order valence-electron chi connectivity index (χ2n) is 4.66. The minimum atomic E-state index is 0.637. The number of thiophene rings is 1. The van der Waals surface area contributed by atoms with Crippen molar-refractivity contribution in [1.82, 2.24) is 19.6 Å². The minimum Gasteiger partial charge on any atom is -0.229 e. The number of hydrogen-bond acceptors (Lipinski definition) is 7. The average Bonchev–Trinajstić information content (AvgIpc) is 3.20. The maximum Gasteiger partial charge on any atom is 0.138 e. The molecule has 4 nitrogen and oxygen atoms in total. The Morgan fingerprint density at radius 3 is 2.78 bits per heavy atom. The zero-order valence-corrected chi connectivity index (χ0v) is 14.8. The van der Waals surface area contributed by atoms with Gasteiger partial charge in [0, 0.05) is 27.5 Å². The summed E-state index contributed by atoms with van der Waals surface area (Å²) >= 11 is 10.5. The van der Waals surface area contributed by atoms with Crippen molar-refractivity contribution in [2.45, 2.75) is 10.8 Å². The summed E-state index contributed by atoms with van der Waals surface area (Å²) in [7, 11) is 0. The Hall–Kier alpha value is -1.54. The molecule has 0 atom stereocenters. The zero-order valence-electron chi connectivity index (χ0n) is 11.6. The molecule has 0 aliphatic rings. The Bertz CT molecular complexity index is 952. The molecular weight excluding hydrogens is 368 g/mol. The highest BCUT2D eigenvalue weighted by Gasteiger charge is 2.12. The molecule has 8 heteroatoms. The van der Waals surface area contributed by atoms with Crippen LogP contribution in [-0.4, -0.2) is 19.6 Å². The fourth-order valence-corrected chi connectivity index (χ4v) is 4.89. The monoisotopic (exact) mass is 376 g/mol. The van der Waals surface area contributed by atoms with E-state index in [4.69, 9.17) is 11.6 Å². The van der Waals surface area contributed by atoms with E-state index in [1.54, 1.807) is 29.4 Å². The number of benzene rings is 1. The fourth-order valence-electron chi connectivity index (χ4n) is 2.11. The molecule has 4 rings (SSSR count). The third-order valence-corrected chi connectivity index (χ3v) is 6.30. The van der Waals surface area contributed by atoms with Crippen molar-refractivity contribution < 1.29 is 0 Å². The van der Waals surface area contributed by atoms with Crippen LogP contribution in [0.4, 0.5) is 0 Å². The highest BCUT2D eigenvalue weighted by Crippen LogP contribution is 2.37. The molecule has 0 saturated carbocycles. The van der Waals surface area contributed by atoms with Gasteiger partial charge in [0.2, 0.25) is 0 Å². The molecule has 0 aliphatic heterocycles. The van der Waals surface area contributed by atoms with Crippen LogP contribution >= 0.6 is 46.2 Å². The van der Waals surface area contributed by atoms with Crippen LogP contribution in [0.5, 0.6) is 0 Å². The zero-order chi connectivity index (χ0) is 15.6. The molecule has 114 valence electrons. The molecule has 3 aromatic heterocycles. The van der Waals surface area contributed by atoms with Crippen LogP contribution in [0.25, 0.3) is 20.7 Å². The summed E-state index contributed by atoms with van der Waals surface area (Å²) in [6.45, 7) is 0. The second-order valence-corrected chi connectivity index (χ2v) is 8.01. The lowest BCUT2D eigenvalue weighted by Crippen LogP contribution is -1.86. The largest absolute Gasteiger partial charge is 0.229 e. The van der Waals surface area contributed by atoms with Crippen molar-refractivity contribution in [1.29, 1.82) is 0 Å². The molecule has 3 heterocycles. The molecule has 0 N–H and O–H groups in total. The topological polar surface area (TPSA) is 51.6 Å². The molecule has 0 bridgehead atoms. The smallest absolute Gasteiger partial charge is 0.138 e. The Balaban J connectivity index is 1.68. The van der Waals surface area contributed by atoms with Gasteiger partial charge in [-0.15, -0.1) is 16.4 Å². The van der Waals surface area contributed by atoms with Crippen molar-refractivity contribution in [2.75, 3.05) is 0 Å². The first-order valence-corrected chi connectivity index (χ1v) is 9.66. The summed E-state index contributed by atoms with van der Waals surface area (Å²) < 4.78 is 4.49. The Morgan fingerprint density at radius 2 is 2.00 bits per heavy atom. The first-order valence-electron chi connectivity index (χ1n) is 6.71. The van der Waals surface area contributed by atoms with E-state index in [0.29, 0.717) is 10.1 Å². The van der Waals surface area contributed by atoms with Gasteiger partial charge in [-0.1, -0.05) is 58.2 Å². The van der Waals surface area contributed by atoms with E-state index >= 15 is 0 Å². The van der Waals surface area contributed by atoms with Gasteiger partial charge in [-0.25, -0.2) is 9.97 Å². The Kier molecular flexibility index (Phi) is 4.26. The maximum absolute atomic E-state index is 6.06. The molecule has 0 unspecified atom stereocenters. The van der Waals surface area contributed by atoms with E-state index < -0.39 is 0 Å². The van der Waals surface area contributed by atoms with Crippen molar-refractivity contribution >= 4 is 56.4 Å². The van der Waals surface area contributed by atoms with E-state index in [9.17, 15) is 0 Å². The van der Waals surface area contributed by atoms with E-state index in [1.807, 2.05) is 18.2 Å². The number of fused-ring (bicyclic) bond motifs is 1. The second kappa shape index (κ2) is 6.52. The van der Waals surface area contributed by atoms with Gasteiger partial charge in [0.05, 0.1) is 0 Å².